The van der Waals surface area contributed by atoms with E-state index in [-0.39, 0.29) is 24.0 Å². The molecule has 2 aliphatic heterocycles. The third kappa shape index (κ3) is 7.35. The van der Waals surface area contributed by atoms with Crippen LogP contribution >= 0.6 is 24.0 Å². The first kappa shape index (κ1) is 25.4. The second kappa shape index (κ2) is 13.5. The van der Waals surface area contributed by atoms with Crippen LogP contribution in [0.1, 0.15) is 77.4 Å². The van der Waals surface area contributed by atoms with Gasteiger partial charge in [-0.25, -0.2) is 4.99 Å². The largest absolute Gasteiger partial charge is 0.357 e. The Morgan fingerprint density at radius 1 is 0.967 bits per heavy atom. The molecule has 172 valence electrons. The van der Waals surface area contributed by atoms with Crippen molar-refractivity contribution in [3.63, 3.8) is 0 Å². The van der Waals surface area contributed by atoms with Crippen molar-refractivity contribution >= 4 is 29.9 Å². The molecule has 0 aliphatic carbocycles. The van der Waals surface area contributed by atoms with Crippen LogP contribution in [-0.2, 0) is 19.5 Å². The summed E-state index contributed by atoms with van der Waals surface area (Å²) in [6, 6.07) is 0.543. The number of aliphatic imine (C=N–C) groups is 1. The van der Waals surface area contributed by atoms with E-state index in [0.717, 1.165) is 43.7 Å². The van der Waals surface area contributed by atoms with Gasteiger partial charge in [0.15, 0.2) is 11.8 Å². The molecule has 1 aromatic rings. The lowest BCUT2D eigenvalue weighted by atomic mass is 10.0. The van der Waals surface area contributed by atoms with Crippen molar-refractivity contribution in [2.24, 2.45) is 10.9 Å². The summed E-state index contributed by atoms with van der Waals surface area (Å²) in [5.74, 6) is 3.63. The lowest BCUT2D eigenvalue weighted by Gasteiger charge is -2.34. The summed E-state index contributed by atoms with van der Waals surface area (Å²) in [5.41, 5.74) is 0. The maximum atomic E-state index is 4.84. The molecule has 0 bridgehead atoms. The van der Waals surface area contributed by atoms with Crippen molar-refractivity contribution in [1.82, 2.24) is 30.3 Å². The van der Waals surface area contributed by atoms with Crippen molar-refractivity contribution in [1.29, 1.82) is 0 Å². The molecule has 7 nitrogen and oxygen atoms in total. The Morgan fingerprint density at radius 3 is 2.37 bits per heavy atom. The molecule has 0 radical (unpaired) electrons. The fourth-order valence-electron chi connectivity index (χ4n) is 4.57. The van der Waals surface area contributed by atoms with Gasteiger partial charge in [-0.15, -0.1) is 34.2 Å². The molecule has 30 heavy (non-hydrogen) atoms. The smallest absolute Gasteiger partial charge is 0.191 e. The minimum absolute atomic E-state index is 0. The molecule has 0 amide bonds. The standard InChI is InChI=1S/C22H41N7.HI/c1-4-23-22(24-16-19(18(2)3)28-13-9-5-6-10-14-28)25-17-21-27-26-20-12-8-7-11-15-29(20)21;/h18-19H,4-17H2,1-3H3,(H2,23,24,25);1H. The number of hydrogen-bond acceptors (Lipinski definition) is 4. The SMILES string of the molecule is CCNC(=NCc1nnc2n1CCCCC2)NCC(C(C)C)N1CCCCCC1.I. The zero-order valence-electron chi connectivity index (χ0n) is 19.2. The van der Waals surface area contributed by atoms with Crippen LogP contribution in [0, 0.1) is 5.92 Å². The van der Waals surface area contributed by atoms with Gasteiger partial charge in [0, 0.05) is 32.1 Å². The number of nitrogens with zero attached hydrogens (tertiary/aromatic N) is 5. The zero-order valence-corrected chi connectivity index (χ0v) is 21.5. The van der Waals surface area contributed by atoms with Crippen LogP contribution in [-0.4, -0.2) is 57.8 Å². The highest BCUT2D eigenvalue weighted by Crippen LogP contribution is 2.17. The van der Waals surface area contributed by atoms with Gasteiger partial charge in [-0.1, -0.05) is 33.1 Å². The van der Waals surface area contributed by atoms with Crippen LogP contribution in [0.25, 0.3) is 0 Å². The van der Waals surface area contributed by atoms with Gasteiger partial charge in [-0.05, 0) is 51.6 Å². The Hall–Kier alpha value is -0.900. The second-order valence-electron chi connectivity index (χ2n) is 8.83. The maximum Gasteiger partial charge on any atom is 0.191 e. The van der Waals surface area contributed by atoms with Crippen LogP contribution in [0.4, 0.5) is 0 Å². The summed E-state index contributed by atoms with van der Waals surface area (Å²) in [7, 11) is 0. The summed E-state index contributed by atoms with van der Waals surface area (Å²) >= 11 is 0. The minimum Gasteiger partial charge on any atom is -0.357 e. The van der Waals surface area contributed by atoms with E-state index in [4.69, 9.17) is 4.99 Å². The number of rotatable bonds is 7. The number of halogens is 1. The van der Waals surface area contributed by atoms with Gasteiger partial charge in [-0.3, -0.25) is 4.90 Å². The van der Waals surface area contributed by atoms with Crippen molar-refractivity contribution in [2.45, 2.75) is 91.3 Å². The van der Waals surface area contributed by atoms with Crippen LogP contribution in [0.15, 0.2) is 4.99 Å². The first-order chi connectivity index (χ1) is 14.2. The van der Waals surface area contributed by atoms with Gasteiger partial charge in [0.05, 0.1) is 0 Å². The quantitative estimate of drug-likeness (QED) is 0.320. The Bertz CT molecular complexity index is 635. The average Bonchev–Trinajstić information content (AvgIpc) is 2.90. The molecule has 0 saturated carbocycles. The number of fused-ring (bicyclic) bond motifs is 1. The van der Waals surface area contributed by atoms with E-state index >= 15 is 0 Å². The van der Waals surface area contributed by atoms with Gasteiger partial charge in [-0.2, -0.15) is 0 Å². The van der Waals surface area contributed by atoms with Crippen LogP contribution in [0.5, 0.6) is 0 Å². The first-order valence-electron chi connectivity index (χ1n) is 11.9. The monoisotopic (exact) mass is 531 g/mol. The summed E-state index contributed by atoms with van der Waals surface area (Å²) in [4.78, 5) is 7.53. The highest BCUT2D eigenvalue weighted by atomic mass is 127. The molecule has 1 saturated heterocycles. The normalized spacial score (nSPS) is 19.4. The maximum absolute atomic E-state index is 4.84. The topological polar surface area (TPSA) is 70.4 Å². The summed E-state index contributed by atoms with van der Waals surface area (Å²) < 4.78 is 2.29. The van der Waals surface area contributed by atoms with Crippen LogP contribution < -0.4 is 10.6 Å². The third-order valence-electron chi connectivity index (χ3n) is 6.27. The lowest BCUT2D eigenvalue weighted by Crippen LogP contribution is -2.49. The number of aryl methyl sites for hydroxylation is 1. The van der Waals surface area contributed by atoms with Crippen molar-refractivity contribution in [3.05, 3.63) is 11.6 Å². The number of hydrogen-bond donors (Lipinski definition) is 2. The van der Waals surface area contributed by atoms with E-state index in [1.54, 1.807) is 0 Å². The molecule has 2 N–H and O–H groups in total. The molecular formula is C22H42IN7. The zero-order chi connectivity index (χ0) is 20.5. The van der Waals surface area contributed by atoms with Crippen LogP contribution in [0.3, 0.4) is 0 Å². The number of nitrogens with one attached hydrogen (secondary N) is 2. The van der Waals surface area contributed by atoms with Crippen molar-refractivity contribution < 1.29 is 0 Å². The Kier molecular flexibility index (Phi) is 11.4. The average molecular weight is 532 g/mol. The number of aromatic nitrogens is 3. The predicted octanol–water partition coefficient (Wildman–Crippen LogP) is 3.58. The van der Waals surface area contributed by atoms with Crippen molar-refractivity contribution in [3.8, 4) is 0 Å². The molecule has 1 unspecified atom stereocenters. The summed E-state index contributed by atoms with van der Waals surface area (Å²) in [6.07, 6.45) is 10.2. The molecule has 8 heteroatoms. The van der Waals surface area contributed by atoms with Gasteiger partial charge in [0.2, 0.25) is 0 Å². The Morgan fingerprint density at radius 2 is 1.67 bits per heavy atom. The highest BCUT2D eigenvalue weighted by molar-refractivity contribution is 14.0. The van der Waals surface area contributed by atoms with Gasteiger partial charge in [0.1, 0.15) is 12.4 Å². The lowest BCUT2D eigenvalue weighted by molar-refractivity contribution is 0.161. The molecule has 0 aromatic carbocycles. The van der Waals surface area contributed by atoms with Gasteiger partial charge >= 0.3 is 0 Å². The fourth-order valence-corrected chi connectivity index (χ4v) is 4.57. The predicted molar refractivity (Wildman–Crippen MR) is 134 cm³/mol. The molecular weight excluding hydrogens is 489 g/mol. The van der Waals surface area contributed by atoms with E-state index in [1.807, 2.05) is 0 Å². The molecule has 0 spiro atoms. The Balaban J connectivity index is 0.00000320. The van der Waals surface area contributed by atoms with E-state index < -0.39 is 0 Å². The van der Waals surface area contributed by atoms with Crippen molar-refractivity contribution in [2.75, 3.05) is 26.2 Å². The minimum atomic E-state index is 0. The third-order valence-corrected chi connectivity index (χ3v) is 6.27. The van der Waals surface area contributed by atoms with Crippen LogP contribution in [0.2, 0.25) is 0 Å². The first-order valence-corrected chi connectivity index (χ1v) is 11.9. The number of guanidine groups is 1. The van der Waals surface area contributed by atoms with E-state index in [1.165, 1.54) is 58.0 Å². The highest BCUT2D eigenvalue weighted by Gasteiger charge is 2.23. The Labute approximate surface area is 199 Å². The van der Waals surface area contributed by atoms with Gasteiger partial charge in [0.25, 0.3) is 0 Å². The van der Waals surface area contributed by atoms with E-state index in [9.17, 15) is 0 Å². The van der Waals surface area contributed by atoms with E-state index in [0.29, 0.717) is 18.5 Å². The fraction of sp³-hybridized carbons (Fsp3) is 0.864. The molecule has 1 fully saturated rings. The number of likely N-dealkylation sites (tertiary alicyclic amines) is 1. The summed E-state index contributed by atoms with van der Waals surface area (Å²) in [5, 5.41) is 15.8. The van der Waals surface area contributed by atoms with E-state index in [2.05, 4.69) is 51.1 Å². The molecule has 3 rings (SSSR count). The molecule has 3 heterocycles. The summed E-state index contributed by atoms with van der Waals surface area (Å²) in [6.45, 7) is 12.7. The molecule has 2 aliphatic rings. The molecule has 1 atom stereocenters. The molecule has 1 aromatic heterocycles. The second-order valence-corrected chi connectivity index (χ2v) is 8.83. The van der Waals surface area contributed by atoms with Gasteiger partial charge < -0.3 is 15.2 Å².